The van der Waals surface area contributed by atoms with Gasteiger partial charge in [0.25, 0.3) is 11.5 Å². The van der Waals surface area contributed by atoms with Crippen LogP contribution in [0.25, 0.3) is 4.96 Å². The van der Waals surface area contributed by atoms with E-state index < -0.39 is 0 Å². The Labute approximate surface area is 95.8 Å². The van der Waals surface area contributed by atoms with Crippen molar-refractivity contribution >= 4 is 22.2 Å². The van der Waals surface area contributed by atoms with Gasteiger partial charge in [0.2, 0.25) is 0 Å². The number of carbonyl (C=O) groups excluding carboxylic acids is 1. The summed E-state index contributed by atoms with van der Waals surface area (Å²) < 4.78 is 1.38. The number of thiazole rings is 1. The molecule has 0 saturated carbocycles. The molecule has 0 spiro atoms. The van der Waals surface area contributed by atoms with Gasteiger partial charge in [0.1, 0.15) is 5.56 Å². The number of nitrogens with one attached hydrogen (secondary N) is 1. The lowest BCUT2D eigenvalue weighted by Gasteiger charge is -2.02. The van der Waals surface area contributed by atoms with Crippen LogP contribution in [0.5, 0.6) is 0 Å². The van der Waals surface area contributed by atoms with Crippen LogP contribution in [0.1, 0.15) is 23.7 Å². The molecule has 2 aromatic heterocycles. The average molecular weight is 237 g/mol. The van der Waals surface area contributed by atoms with E-state index in [0.717, 1.165) is 6.42 Å². The number of hydrogen-bond acceptors (Lipinski definition) is 4. The Hall–Kier alpha value is -1.69. The van der Waals surface area contributed by atoms with E-state index in [0.29, 0.717) is 11.5 Å². The third-order valence-corrected chi connectivity index (χ3v) is 2.89. The zero-order valence-corrected chi connectivity index (χ0v) is 9.58. The van der Waals surface area contributed by atoms with Gasteiger partial charge >= 0.3 is 0 Å². The topological polar surface area (TPSA) is 63.5 Å². The number of aromatic nitrogens is 2. The molecule has 1 N–H and O–H groups in total. The van der Waals surface area contributed by atoms with Crippen LogP contribution in [0.4, 0.5) is 0 Å². The number of amides is 1. The van der Waals surface area contributed by atoms with Gasteiger partial charge in [-0.2, -0.15) is 0 Å². The van der Waals surface area contributed by atoms with Gasteiger partial charge in [0.05, 0.1) is 0 Å². The monoisotopic (exact) mass is 237 g/mol. The first-order chi connectivity index (χ1) is 7.74. The van der Waals surface area contributed by atoms with Crippen LogP contribution in [0.3, 0.4) is 0 Å². The molecule has 16 heavy (non-hydrogen) atoms. The van der Waals surface area contributed by atoms with Gasteiger partial charge in [-0.15, -0.1) is 11.3 Å². The molecule has 0 bridgehead atoms. The van der Waals surface area contributed by atoms with Crippen molar-refractivity contribution in [3.63, 3.8) is 0 Å². The van der Waals surface area contributed by atoms with Crippen molar-refractivity contribution in [3.05, 3.63) is 33.7 Å². The number of nitrogens with zero attached hydrogens (tertiary/aromatic N) is 2. The Balaban J connectivity index is 2.41. The molecule has 0 aliphatic rings. The van der Waals surface area contributed by atoms with Crippen molar-refractivity contribution in [2.45, 2.75) is 13.3 Å². The van der Waals surface area contributed by atoms with Crippen LogP contribution in [0.15, 0.2) is 22.6 Å². The molecule has 1 amide bonds. The minimum Gasteiger partial charge on any atom is -0.352 e. The molecular formula is C10H11N3O2S. The maximum atomic E-state index is 11.9. The van der Waals surface area contributed by atoms with Gasteiger partial charge < -0.3 is 5.32 Å². The number of fused-ring (bicyclic) bond motifs is 1. The molecule has 0 radical (unpaired) electrons. The third-order valence-electron chi connectivity index (χ3n) is 2.12. The SMILES string of the molecule is CCCNC(=O)c1cnc2sccn2c1=O. The Morgan fingerprint density at radius 1 is 1.62 bits per heavy atom. The first-order valence-corrected chi connectivity index (χ1v) is 5.85. The molecule has 0 aliphatic heterocycles. The summed E-state index contributed by atoms with van der Waals surface area (Å²) in [5.41, 5.74) is -0.232. The summed E-state index contributed by atoms with van der Waals surface area (Å²) in [5.74, 6) is -0.361. The van der Waals surface area contributed by atoms with Crippen molar-refractivity contribution in [3.8, 4) is 0 Å². The number of carbonyl (C=O) groups is 1. The minimum atomic E-state index is -0.361. The van der Waals surface area contributed by atoms with Gasteiger partial charge in [-0.3, -0.25) is 14.0 Å². The summed E-state index contributed by atoms with van der Waals surface area (Å²) in [4.78, 5) is 28.1. The van der Waals surface area contributed by atoms with Gasteiger partial charge in [-0.05, 0) is 6.42 Å². The predicted octanol–water partition coefficient (Wildman–Crippen LogP) is 0.896. The van der Waals surface area contributed by atoms with E-state index in [9.17, 15) is 9.59 Å². The molecule has 0 atom stereocenters. The fraction of sp³-hybridized carbons (Fsp3) is 0.300. The smallest absolute Gasteiger partial charge is 0.271 e. The zero-order valence-electron chi connectivity index (χ0n) is 8.77. The third kappa shape index (κ3) is 1.83. The van der Waals surface area contributed by atoms with Crippen LogP contribution in [0.2, 0.25) is 0 Å². The molecule has 5 nitrogen and oxygen atoms in total. The van der Waals surface area contributed by atoms with E-state index in [1.165, 1.54) is 21.9 Å². The Morgan fingerprint density at radius 2 is 2.44 bits per heavy atom. The van der Waals surface area contributed by atoms with Crippen LogP contribution >= 0.6 is 11.3 Å². The molecule has 0 saturated heterocycles. The van der Waals surface area contributed by atoms with Gasteiger partial charge in [0, 0.05) is 24.3 Å². The van der Waals surface area contributed by atoms with Gasteiger partial charge in [-0.25, -0.2) is 4.98 Å². The molecule has 0 unspecified atom stereocenters. The highest BCUT2D eigenvalue weighted by atomic mass is 32.1. The lowest BCUT2D eigenvalue weighted by molar-refractivity contribution is 0.0951. The molecule has 0 aromatic carbocycles. The van der Waals surface area contributed by atoms with E-state index in [1.807, 2.05) is 6.92 Å². The summed E-state index contributed by atoms with van der Waals surface area (Å²) in [7, 11) is 0. The summed E-state index contributed by atoms with van der Waals surface area (Å²) in [6, 6.07) is 0. The van der Waals surface area contributed by atoms with Crippen LogP contribution in [-0.4, -0.2) is 21.8 Å². The lowest BCUT2D eigenvalue weighted by atomic mass is 10.3. The first-order valence-electron chi connectivity index (χ1n) is 4.97. The second-order valence-electron chi connectivity index (χ2n) is 3.29. The van der Waals surface area contributed by atoms with Gasteiger partial charge in [0.15, 0.2) is 4.96 Å². The molecule has 0 aliphatic carbocycles. The fourth-order valence-electron chi connectivity index (χ4n) is 1.31. The van der Waals surface area contributed by atoms with E-state index in [1.54, 1.807) is 11.6 Å². The summed E-state index contributed by atoms with van der Waals surface area (Å²) >= 11 is 1.36. The van der Waals surface area contributed by atoms with Crippen molar-refractivity contribution in [2.24, 2.45) is 0 Å². The highest BCUT2D eigenvalue weighted by Crippen LogP contribution is 2.05. The van der Waals surface area contributed by atoms with Crippen molar-refractivity contribution < 1.29 is 4.79 Å². The largest absolute Gasteiger partial charge is 0.352 e. The highest BCUT2D eigenvalue weighted by molar-refractivity contribution is 7.15. The molecule has 84 valence electrons. The normalized spacial score (nSPS) is 10.6. The zero-order chi connectivity index (χ0) is 11.5. The number of rotatable bonds is 3. The second kappa shape index (κ2) is 4.44. The Morgan fingerprint density at radius 3 is 3.19 bits per heavy atom. The highest BCUT2D eigenvalue weighted by Gasteiger charge is 2.12. The lowest BCUT2D eigenvalue weighted by Crippen LogP contribution is -2.31. The Bertz CT molecular complexity index is 573. The molecular weight excluding hydrogens is 226 g/mol. The van der Waals surface area contributed by atoms with Crippen molar-refractivity contribution in [2.75, 3.05) is 6.54 Å². The summed E-state index contributed by atoms with van der Waals surface area (Å²) in [6.07, 6.45) is 3.78. The fourth-order valence-corrected chi connectivity index (χ4v) is 1.99. The average Bonchev–Trinajstić information content (AvgIpc) is 2.75. The van der Waals surface area contributed by atoms with Crippen molar-refractivity contribution in [1.29, 1.82) is 0 Å². The first kappa shape index (κ1) is 10.8. The summed E-state index contributed by atoms with van der Waals surface area (Å²) in [5, 5.41) is 4.42. The molecule has 6 heteroatoms. The van der Waals surface area contributed by atoms with Crippen LogP contribution in [0, 0.1) is 0 Å². The van der Waals surface area contributed by atoms with E-state index in [-0.39, 0.29) is 17.0 Å². The standard InChI is InChI=1S/C10H11N3O2S/c1-2-3-11-8(14)7-6-12-10-13(9(7)15)4-5-16-10/h4-6H,2-3H2,1H3,(H,11,14). The molecule has 0 fully saturated rings. The van der Waals surface area contributed by atoms with Crippen LogP contribution in [-0.2, 0) is 0 Å². The maximum Gasteiger partial charge on any atom is 0.271 e. The predicted molar refractivity (Wildman–Crippen MR) is 62.0 cm³/mol. The second-order valence-corrected chi connectivity index (χ2v) is 4.16. The summed E-state index contributed by atoms with van der Waals surface area (Å²) in [6.45, 7) is 2.51. The number of hydrogen-bond donors (Lipinski definition) is 1. The Kier molecular flexibility index (Phi) is 3.00. The van der Waals surface area contributed by atoms with Crippen LogP contribution < -0.4 is 10.9 Å². The maximum absolute atomic E-state index is 11.9. The quantitative estimate of drug-likeness (QED) is 0.862. The van der Waals surface area contributed by atoms with E-state index in [4.69, 9.17) is 0 Å². The molecule has 2 heterocycles. The molecule has 2 rings (SSSR count). The van der Waals surface area contributed by atoms with E-state index in [2.05, 4.69) is 10.3 Å². The van der Waals surface area contributed by atoms with Gasteiger partial charge in [-0.1, -0.05) is 6.92 Å². The van der Waals surface area contributed by atoms with Crippen molar-refractivity contribution in [1.82, 2.24) is 14.7 Å². The molecule has 2 aromatic rings. The minimum absolute atomic E-state index is 0.0874. The van der Waals surface area contributed by atoms with E-state index >= 15 is 0 Å².